The summed E-state index contributed by atoms with van der Waals surface area (Å²) in [6.07, 6.45) is 0.819. The first kappa shape index (κ1) is 32.6. The summed E-state index contributed by atoms with van der Waals surface area (Å²) in [7, 11) is 0. The molecule has 0 saturated carbocycles. The monoisotopic (exact) mass is 660 g/mol. The van der Waals surface area contributed by atoms with Gasteiger partial charge < -0.3 is 19.6 Å². The lowest BCUT2D eigenvalue weighted by Crippen LogP contribution is -2.71. The number of oxime groups is 1. The molecule has 1 N–H and O–H groups in total. The van der Waals surface area contributed by atoms with Gasteiger partial charge in [0.1, 0.15) is 28.4 Å². The number of thiazole rings is 1. The summed E-state index contributed by atoms with van der Waals surface area (Å²) in [5, 5.41) is 7.55. The van der Waals surface area contributed by atoms with Crippen LogP contribution in [0.2, 0.25) is 0 Å². The molecule has 2 aromatic carbocycles. The van der Waals surface area contributed by atoms with E-state index in [-0.39, 0.29) is 17.1 Å². The number of rotatable bonds is 11. The van der Waals surface area contributed by atoms with Crippen LogP contribution in [0.4, 0.5) is 0 Å². The topological polar surface area (TPSA) is 136 Å². The van der Waals surface area contributed by atoms with E-state index in [0.29, 0.717) is 11.3 Å². The van der Waals surface area contributed by atoms with Crippen molar-refractivity contribution in [1.82, 2.24) is 15.2 Å². The third-order valence-corrected chi connectivity index (χ3v) is 8.69. The summed E-state index contributed by atoms with van der Waals surface area (Å²) in [6.45, 7) is 8.47. The van der Waals surface area contributed by atoms with Crippen molar-refractivity contribution in [3.05, 3.63) is 112 Å². The number of nitrogens with zero attached hydrogens (tertiary/aromatic N) is 3. The molecule has 3 aromatic rings. The molecule has 0 aliphatic carbocycles. The number of aromatic nitrogens is 1. The smallest absolute Gasteiger partial charge is 0.356 e. The van der Waals surface area contributed by atoms with Crippen molar-refractivity contribution >= 4 is 52.6 Å². The highest BCUT2D eigenvalue weighted by Gasteiger charge is 2.54. The van der Waals surface area contributed by atoms with Gasteiger partial charge in [0.05, 0.1) is 5.51 Å². The van der Waals surface area contributed by atoms with Crippen LogP contribution in [-0.4, -0.2) is 68.7 Å². The van der Waals surface area contributed by atoms with Crippen LogP contribution in [0.3, 0.4) is 0 Å². The number of benzene rings is 2. The fourth-order valence-corrected chi connectivity index (χ4v) is 6.68. The zero-order valence-electron chi connectivity index (χ0n) is 25.4. The van der Waals surface area contributed by atoms with Gasteiger partial charge in [0, 0.05) is 11.1 Å². The number of allylic oxidation sites excluding steroid dienone is 1. The molecule has 46 heavy (non-hydrogen) atoms. The van der Waals surface area contributed by atoms with Gasteiger partial charge >= 0.3 is 11.9 Å². The first-order valence-corrected chi connectivity index (χ1v) is 16.3. The van der Waals surface area contributed by atoms with Gasteiger partial charge in [-0.3, -0.25) is 14.5 Å². The minimum Gasteiger partial charge on any atom is -0.457 e. The second kappa shape index (κ2) is 14.1. The lowest BCUT2D eigenvalue weighted by molar-refractivity contribution is -0.160. The Bertz CT molecular complexity index is 1630. The van der Waals surface area contributed by atoms with Crippen molar-refractivity contribution in [3.8, 4) is 0 Å². The van der Waals surface area contributed by atoms with E-state index in [1.807, 2.05) is 60.7 Å². The second-order valence-electron chi connectivity index (χ2n) is 11.2. The number of ether oxygens (including phenoxy) is 2. The van der Waals surface area contributed by atoms with Crippen molar-refractivity contribution in [3.63, 3.8) is 0 Å². The molecular weight excluding hydrogens is 629 g/mol. The van der Waals surface area contributed by atoms with Gasteiger partial charge in [-0.05, 0) is 37.5 Å². The van der Waals surface area contributed by atoms with Gasteiger partial charge in [0.2, 0.25) is 6.61 Å². The molecule has 11 nitrogen and oxygen atoms in total. The maximum absolute atomic E-state index is 13.8. The Kier molecular flexibility index (Phi) is 10.0. The Morgan fingerprint density at radius 1 is 1.11 bits per heavy atom. The SMILES string of the molecule is C=CC1=C(C(=O)OC(c2ccccc2)c2ccccc2)N2C(=O)C(NC(=O)C(=NOCC(=O)OC(C)(C)C)c3cscn3)[C@H]2SC1. The zero-order chi connectivity index (χ0) is 32.8. The van der Waals surface area contributed by atoms with Crippen molar-refractivity contribution in [1.29, 1.82) is 0 Å². The Balaban J connectivity index is 1.32. The van der Waals surface area contributed by atoms with Gasteiger partial charge in [-0.25, -0.2) is 14.6 Å². The van der Waals surface area contributed by atoms with E-state index in [9.17, 15) is 19.2 Å². The van der Waals surface area contributed by atoms with E-state index >= 15 is 0 Å². The molecular formula is C33H32N4O7S2. The summed E-state index contributed by atoms with van der Waals surface area (Å²) < 4.78 is 11.3. The van der Waals surface area contributed by atoms with Gasteiger partial charge in [-0.1, -0.05) is 78.5 Å². The maximum Gasteiger partial charge on any atom is 0.356 e. The quantitative estimate of drug-likeness (QED) is 0.138. The highest BCUT2D eigenvalue weighted by molar-refractivity contribution is 8.00. The van der Waals surface area contributed by atoms with Gasteiger partial charge in [-0.2, -0.15) is 0 Å². The lowest BCUT2D eigenvalue weighted by Gasteiger charge is -2.49. The molecule has 5 rings (SSSR count). The number of thioether (sulfide) groups is 1. The molecule has 13 heteroatoms. The van der Waals surface area contributed by atoms with E-state index in [1.165, 1.54) is 39.6 Å². The molecule has 1 unspecified atom stereocenters. The number of hydrogen-bond donors (Lipinski definition) is 1. The molecule has 2 aliphatic rings. The molecule has 2 amide bonds. The number of carbonyl (C=O) groups is 4. The van der Waals surface area contributed by atoms with Crippen molar-refractivity contribution in [2.75, 3.05) is 12.4 Å². The van der Waals surface area contributed by atoms with Crippen molar-refractivity contribution < 1.29 is 33.5 Å². The number of carbonyl (C=O) groups excluding carboxylic acids is 4. The largest absolute Gasteiger partial charge is 0.457 e. The highest BCUT2D eigenvalue weighted by Crippen LogP contribution is 2.42. The van der Waals surface area contributed by atoms with Crippen LogP contribution in [0.1, 0.15) is 43.7 Å². The Morgan fingerprint density at radius 2 is 1.76 bits per heavy atom. The third-order valence-electron chi connectivity index (χ3n) is 6.80. The molecule has 0 bridgehead atoms. The standard InChI is InChI=1S/C33H32N4O7S2/c1-5-20-17-46-31-26(35-29(39)25(23-18-45-19-34-23)36-42-16-24(38)44-33(2,3)4)30(40)37(31)27(20)32(41)43-28(21-12-8-6-9-13-21)22-14-10-7-11-15-22/h5-15,18-19,26,28,31H,1,16-17H2,2-4H3,(H,35,39)/t26?,31-/m1/s1. The fraction of sp³-hybridized carbons (Fsp3) is 0.273. The van der Waals surface area contributed by atoms with Crippen LogP contribution in [0.25, 0.3) is 0 Å². The average molecular weight is 661 g/mol. The maximum atomic E-state index is 13.8. The summed E-state index contributed by atoms with van der Waals surface area (Å²) in [4.78, 5) is 63.4. The van der Waals surface area contributed by atoms with Crippen LogP contribution in [0.15, 0.2) is 101 Å². The van der Waals surface area contributed by atoms with Crippen LogP contribution >= 0.6 is 23.1 Å². The molecule has 238 valence electrons. The third kappa shape index (κ3) is 7.37. The minimum absolute atomic E-state index is 0.0835. The lowest BCUT2D eigenvalue weighted by atomic mass is 10.0. The molecule has 1 aromatic heterocycles. The number of β-lactam (4-membered cyclic amide) rings is 1. The molecule has 0 spiro atoms. The summed E-state index contributed by atoms with van der Waals surface area (Å²) in [5.41, 5.74) is 2.95. The Hall–Kier alpha value is -4.75. The molecule has 0 radical (unpaired) electrons. The predicted molar refractivity (Wildman–Crippen MR) is 174 cm³/mol. The van der Waals surface area contributed by atoms with E-state index in [1.54, 1.807) is 26.2 Å². The van der Waals surface area contributed by atoms with E-state index in [0.717, 1.165) is 11.1 Å². The van der Waals surface area contributed by atoms with Crippen molar-refractivity contribution in [2.24, 2.45) is 5.16 Å². The van der Waals surface area contributed by atoms with E-state index < -0.39 is 53.5 Å². The summed E-state index contributed by atoms with van der Waals surface area (Å²) in [5.74, 6) is -2.22. The normalized spacial score (nSPS) is 18.0. The number of amides is 2. The number of nitrogens with one attached hydrogen (secondary N) is 1. The number of esters is 2. The highest BCUT2D eigenvalue weighted by atomic mass is 32.2. The molecule has 2 atom stereocenters. The second-order valence-corrected chi connectivity index (χ2v) is 13.0. The molecule has 1 saturated heterocycles. The van der Waals surface area contributed by atoms with E-state index in [2.05, 4.69) is 22.0 Å². The Labute approximate surface area is 274 Å². The zero-order valence-corrected chi connectivity index (χ0v) is 27.0. The summed E-state index contributed by atoms with van der Waals surface area (Å²) in [6, 6.07) is 17.7. The van der Waals surface area contributed by atoms with Crippen LogP contribution in [0.5, 0.6) is 0 Å². The van der Waals surface area contributed by atoms with Gasteiger partial charge in [0.25, 0.3) is 11.8 Å². The van der Waals surface area contributed by atoms with Crippen LogP contribution in [0, 0.1) is 0 Å². The molecule has 3 heterocycles. The average Bonchev–Trinajstić information content (AvgIpc) is 3.58. The van der Waals surface area contributed by atoms with Gasteiger partial charge in [-0.15, -0.1) is 23.1 Å². The van der Waals surface area contributed by atoms with Gasteiger partial charge in [0.15, 0.2) is 11.8 Å². The summed E-state index contributed by atoms with van der Waals surface area (Å²) >= 11 is 2.61. The van der Waals surface area contributed by atoms with Crippen molar-refractivity contribution in [2.45, 2.75) is 43.9 Å². The van der Waals surface area contributed by atoms with Crippen LogP contribution in [-0.2, 0) is 33.5 Å². The fourth-order valence-electron chi connectivity index (χ4n) is 4.80. The molecule has 2 aliphatic heterocycles. The van der Waals surface area contributed by atoms with E-state index in [4.69, 9.17) is 14.3 Å². The Morgan fingerprint density at radius 3 is 2.33 bits per heavy atom. The first-order valence-electron chi connectivity index (χ1n) is 14.3. The first-order chi connectivity index (χ1) is 22.1. The number of hydrogen-bond acceptors (Lipinski definition) is 11. The molecule has 1 fully saturated rings. The minimum atomic E-state index is -0.972. The number of fused-ring (bicyclic) bond motifs is 1. The van der Waals surface area contributed by atoms with Crippen LogP contribution < -0.4 is 5.32 Å². The predicted octanol–water partition coefficient (Wildman–Crippen LogP) is 4.38.